The van der Waals surface area contributed by atoms with Crippen LogP contribution in [-0.4, -0.2) is 49.7 Å². The summed E-state index contributed by atoms with van der Waals surface area (Å²) in [5, 5.41) is 17.2. The largest absolute Gasteiger partial charge is 0.394 e. The molecule has 74 valence electrons. The van der Waals surface area contributed by atoms with Crippen LogP contribution in [0.2, 0.25) is 0 Å². The molecule has 1 atom stereocenters. The van der Waals surface area contributed by atoms with Crippen molar-refractivity contribution in [1.29, 1.82) is 0 Å². The van der Waals surface area contributed by atoms with Crippen LogP contribution < -0.4 is 0 Å². The van der Waals surface area contributed by atoms with Crippen LogP contribution in [0.5, 0.6) is 0 Å². The molecule has 0 saturated carbocycles. The SMILES string of the molecule is COC(C)OCOC(CO)CO. The van der Waals surface area contributed by atoms with Gasteiger partial charge in [0.1, 0.15) is 12.9 Å². The molecule has 0 aliphatic heterocycles. The Bertz CT molecular complexity index is 93.8. The molecule has 1 unspecified atom stereocenters. The minimum atomic E-state index is -0.575. The van der Waals surface area contributed by atoms with Crippen LogP contribution in [0.25, 0.3) is 0 Å². The highest BCUT2D eigenvalue weighted by atomic mass is 16.7. The van der Waals surface area contributed by atoms with Gasteiger partial charge in [0, 0.05) is 7.11 Å². The fourth-order valence-corrected chi connectivity index (χ4v) is 0.463. The van der Waals surface area contributed by atoms with Crippen LogP contribution in [0.15, 0.2) is 0 Å². The van der Waals surface area contributed by atoms with Crippen molar-refractivity contribution in [1.82, 2.24) is 0 Å². The molecule has 0 aromatic heterocycles. The maximum Gasteiger partial charge on any atom is 0.157 e. The summed E-state index contributed by atoms with van der Waals surface area (Å²) in [6, 6.07) is 0. The Labute approximate surface area is 71.9 Å². The number of hydrogen-bond donors (Lipinski definition) is 2. The van der Waals surface area contributed by atoms with Gasteiger partial charge in [-0.05, 0) is 6.92 Å². The number of aliphatic hydroxyl groups excluding tert-OH is 2. The van der Waals surface area contributed by atoms with E-state index >= 15 is 0 Å². The van der Waals surface area contributed by atoms with Gasteiger partial charge in [-0.1, -0.05) is 0 Å². The average molecular weight is 180 g/mol. The van der Waals surface area contributed by atoms with E-state index in [0.29, 0.717) is 0 Å². The van der Waals surface area contributed by atoms with E-state index in [1.807, 2.05) is 0 Å². The van der Waals surface area contributed by atoms with Gasteiger partial charge in [0.15, 0.2) is 6.29 Å². The van der Waals surface area contributed by atoms with E-state index in [9.17, 15) is 0 Å². The predicted octanol–water partition coefficient (Wildman–Crippen LogP) is -0.677. The van der Waals surface area contributed by atoms with Crippen LogP contribution in [0.3, 0.4) is 0 Å². The van der Waals surface area contributed by atoms with Crippen LogP contribution in [0, 0.1) is 0 Å². The second-order valence-corrected chi connectivity index (χ2v) is 2.24. The van der Waals surface area contributed by atoms with Crippen molar-refractivity contribution >= 4 is 0 Å². The molecule has 0 heterocycles. The molecule has 0 amide bonds. The molecule has 0 aromatic carbocycles. The van der Waals surface area contributed by atoms with Gasteiger partial charge < -0.3 is 24.4 Å². The lowest BCUT2D eigenvalue weighted by Gasteiger charge is -2.15. The fourth-order valence-electron chi connectivity index (χ4n) is 0.463. The molecule has 0 saturated heterocycles. The average Bonchev–Trinajstić information content (AvgIpc) is 2.12. The first-order valence-corrected chi connectivity index (χ1v) is 3.72. The van der Waals surface area contributed by atoms with Crippen molar-refractivity contribution in [2.45, 2.75) is 19.3 Å². The first kappa shape index (κ1) is 11.8. The monoisotopic (exact) mass is 180 g/mol. The number of rotatable bonds is 7. The highest BCUT2D eigenvalue weighted by Crippen LogP contribution is 1.94. The van der Waals surface area contributed by atoms with Gasteiger partial charge in [0.05, 0.1) is 13.2 Å². The zero-order chi connectivity index (χ0) is 9.40. The fraction of sp³-hybridized carbons (Fsp3) is 1.00. The van der Waals surface area contributed by atoms with Crippen molar-refractivity contribution in [3.05, 3.63) is 0 Å². The van der Waals surface area contributed by atoms with Crippen molar-refractivity contribution in [3.63, 3.8) is 0 Å². The molecule has 0 spiro atoms. The van der Waals surface area contributed by atoms with Crippen LogP contribution in [0.1, 0.15) is 6.92 Å². The lowest BCUT2D eigenvalue weighted by molar-refractivity contribution is -0.195. The highest BCUT2D eigenvalue weighted by molar-refractivity contribution is 4.49. The van der Waals surface area contributed by atoms with E-state index in [1.165, 1.54) is 7.11 Å². The lowest BCUT2D eigenvalue weighted by atomic mass is 10.4. The zero-order valence-electron chi connectivity index (χ0n) is 7.40. The summed E-state index contributed by atoms with van der Waals surface area (Å²) in [4.78, 5) is 0. The molecular weight excluding hydrogens is 164 g/mol. The van der Waals surface area contributed by atoms with Gasteiger partial charge in [-0.15, -0.1) is 0 Å². The summed E-state index contributed by atoms with van der Waals surface area (Å²) in [5.41, 5.74) is 0. The summed E-state index contributed by atoms with van der Waals surface area (Å²) in [6.07, 6.45) is -0.919. The Hall–Kier alpha value is -0.200. The molecule has 5 heteroatoms. The third kappa shape index (κ3) is 5.45. The summed E-state index contributed by atoms with van der Waals surface area (Å²) in [7, 11) is 1.51. The number of aliphatic hydroxyl groups is 2. The second kappa shape index (κ2) is 7.45. The molecule has 0 fully saturated rings. The molecule has 5 nitrogen and oxygen atoms in total. The van der Waals surface area contributed by atoms with Gasteiger partial charge in [0.2, 0.25) is 0 Å². The first-order chi connectivity index (χ1) is 5.74. The molecule has 0 radical (unpaired) electrons. The minimum absolute atomic E-state index is 0.000787. The van der Waals surface area contributed by atoms with Gasteiger partial charge in [-0.2, -0.15) is 0 Å². The van der Waals surface area contributed by atoms with Crippen molar-refractivity contribution in [3.8, 4) is 0 Å². The van der Waals surface area contributed by atoms with Crippen molar-refractivity contribution in [2.75, 3.05) is 27.1 Å². The Kier molecular flexibility index (Phi) is 7.33. The Morgan fingerprint density at radius 3 is 2.17 bits per heavy atom. The number of ether oxygens (including phenoxy) is 3. The van der Waals surface area contributed by atoms with Gasteiger partial charge in [-0.25, -0.2) is 0 Å². The zero-order valence-corrected chi connectivity index (χ0v) is 7.40. The van der Waals surface area contributed by atoms with Crippen molar-refractivity contribution < 1.29 is 24.4 Å². The van der Waals surface area contributed by atoms with E-state index in [2.05, 4.69) is 0 Å². The summed E-state index contributed by atoms with van der Waals surface area (Å²) >= 11 is 0. The van der Waals surface area contributed by atoms with Crippen LogP contribution in [-0.2, 0) is 14.2 Å². The maximum atomic E-state index is 8.58. The van der Waals surface area contributed by atoms with Crippen LogP contribution >= 0.6 is 0 Å². The van der Waals surface area contributed by atoms with E-state index in [1.54, 1.807) is 6.92 Å². The molecule has 0 aliphatic rings. The molecule has 0 bridgehead atoms. The minimum Gasteiger partial charge on any atom is -0.394 e. The Morgan fingerprint density at radius 1 is 1.17 bits per heavy atom. The molecular formula is C7H16O5. The third-order valence-electron chi connectivity index (χ3n) is 1.35. The molecule has 12 heavy (non-hydrogen) atoms. The van der Waals surface area contributed by atoms with Gasteiger partial charge >= 0.3 is 0 Å². The lowest BCUT2D eigenvalue weighted by Crippen LogP contribution is -2.25. The van der Waals surface area contributed by atoms with Gasteiger partial charge in [-0.3, -0.25) is 0 Å². The summed E-state index contributed by atoms with van der Waals surface area (Å²) in [6.45, 7) is 1.28. The molecule has 0 aliphatic carbocycles. The Morgan fingerprint density at radius 2 is 1.75 bits per heavy atom. The normalized spacial score (nSPS) is 13.8. The second-order valence-electron chi connectivity index (χ2n) is 2.24. The Balaban J connectivity index is 3.28. The summed E-state index contributed by atoms with van der Waals surface area (Å²) in [5.74, 6) is 0. The van der Waals surface area contributed by atoms with Crippen molar-refractivity contribution in [2.24, 2.45) is 0 Å². The molecule has 0 rings (SSSR count). The maximum absolute atomic E-state index is 8.58. The van der Waals surface area contributed by atoms with E-state index < -0.39 is 6.10 Å². The third-order valence-corrected chi connectivity index (χ3v) is 1.35. The quantitative estimate of drug-likeness (QED) is 0.508. The van der Waals surface area contributed by atoms with E-state index in [0.717, 1.165) is 0 Å². The standard InChI is InChI=1S/C7H16O5/c1-6(10-2)11-5-12-7(3-8)4-9/h6-9H,3-5H2,1-2H3. The van der Waals surface area contributed by atoms with Gasteiger partial charge in [0.25, 0.3) is 0 Å². The van der Waals surface area contributed by atoms with E-state index in [-0.39, 0.29) is 26.3 Å². The number of hydrogen-bond acceptors (Lipinski definition) is 5. The van der Waals surface area contributed by atoms with Crippen LogP contribution in [0.4, 0.5) is 0 Å². The smallest absolute Gasteiger partial charge is 0.157 e. The van der Waals surface area contributed by atoms with E-state index in [4.69, 9.17) is 24.4 Å². The predicted molar refractivity (Wildman–Crippen MR) is 41.5 cm³/mol. The summed E-state index contributed by atoms with van der Waals surface area (Å²) < 4.78 is 14.6. The number of methoxy groups -OCH3 is 1. The topological polar surface area (TPSA) is 68.2 Å². The first-order valence-electron chi connectivity index (χ1n) is 3.72. The molecule has 0 aromatic rings. The highest BCUT2D eigenvalue weighted by Gasteiger charge is 2.06. The molecule has 2 N–H and O–H groups in total.